The van der Waals surface area contributed by atoms with Crippen molar-refractivity contribution in [1.29, 1.82) is 0 Å². The van der Waals surface area contributed by atoms with E-state index in [0.717, 1.165) is 12.0 Å². The molecular formula is C15H18ClFO2. The first-order valence-corrected chi connectivity index (χ1v) is 6.86. The van der Waals surface area contributed by atoms with Gasteiger partial charge in [0.1, 0.15) is 6.61 Å². The quantitative estimate of drug-likeness (QED) is 0.433. The van der Waals surface area contributed by atoms with Gasteiger partial charge in [0.15, 0.2) is 11.6 Å². The third-order valence-corrected chi connectivity index (χ3v) is 2.41. The molecule has 1 rings (SSSR count). The summed E-state index contributed by atoms with van der Waals surface area (Å²) in [5.41, 5.74) is 0.719. The molecule has 0 fully saturated rings. The van der Waals surface area contributed by atoms with Gasteiger partial charge in [-0.2, -0.15) is 0 Å². The van der Waals surface area contributed by atoms with Crippen molar-refractivity contribution in [2.45, 2.75) is 19.8 Å². The normalized spacial score (nSPS) is 9.84. The highest BCUT2D eigenvalue weighted by Crippen LogP contribution is 2.18. The molecule has 0 atom stereocenters. The molecule has 4 heteroatoms. The van der Waals surface area contributed by atoms with Crippen LogP contribution in [0.3, 0.4) is 0 Å². The highest BCUT2D eigenvalue weighted by Gasteiger charge is 2.03. The SMILES string of the molecule is CCCOCCOc1cc(C#CCCCl)ccc1F. The van der Waals surface area contributed by atoms with Crippen LogP contribution < -0.4 is 4.74 Å². The summed E-state index contributed by atoms with van der Waals surface area (Å²) in [5, 5.41) is 0. The minimum absolute atomic E-state index is 0.206. The average molecular weight is 285 g/mol. The largest absolute Gasteiger partial charge is 0.488 e. The second kappa shape index (κ2) is 9.66. The first-order valence-electron chi connectivity index (χ1n) is 6.33. The fourth-order valence-corrected chi connectivity index (χ4v) is 1.45. The lowest BCUT2D eigenvalue weighted by atomic mass is 10.2. The Morgan fingerprint density at radius 1 is 1.26 bits per heavy atom. The van der Waals surface area contributed by atoms with Gasteiger partial charge in [0.25, 0.3) is 0 Å². The standard InChI is InChI=1S/C15H18ClFO2/c1-2-9-18-10-11-19-15-12-13(5-3-4-8-16)6-7-14(15)17/h6-7,12H,2,4,8-11H2,1H3. The second-order valence-electron chi connectivity index (χ2n) is 3.85. The Kier molecular flexibility index (Phi) is 8.04. The first kappa shape index (κ1) is 15.8. The van der Waals surface area contributed by atoms with E-state index in [4.69, 9.17) is 21.1 Å². The van der Waals surface area contributed by atoms with E-state index < -0.39 is 5.82 Å². The summed E-state index contributed by atoms with van der Waals surface area (Å²) in [5.74, 6) is 6.12. The molecule has 0 heterocycles. The number of rotatable bonds is 7. The zero-order valence-electron chi connectivity index (χ0n) is 11.0. The molecule has 0 radical (unpaired) electrons. The molecule has 1 aromatic carbocycles. The van der Waals surface area contributed by atoms with Crippen LogP contribution in [-0.2, 0) is 4.74 Å². The van der Waals surface area contributed by atoms with Crippen molar-refractivity contribution in [3.63, 3.8) is 0 Å². The molecule has 0 bridgehead atoms. The van der Waals surface area contributed by atoms with E-state index in [-0.39, 0.29) is 5.75 Å². The number of hydrogen-bond donors (Lipinski definition) is 0. The van der Waals surface area contributed by atoms with Crippen LogP contribution in [0.25, 0.3) is 0 Å². The smallest absolute Gasteiger partial charge is 0.165 e. The van der Waals surface area contributed by atoms with Crippen LogP contribution in [0.1, 0.15) is 25.3 Å². The van der Waals surface area contributed by atoms with Crippen LogP contribution in [0.2, 0.25) is 0 Å². The third-order valence-electron chi connectivity index (χ3n) is 2.22. The zero-order valence-corrected chi connectivity index (χ0v) is 11.8. The highest BCUT2D eigenvalue weighted by molar-refractivity contribution is 6.18. The second-order valence-corrected chi connectivity index (χ2v) is 4.22. The fraction of sp³-hybridized carbons (Fsp3) is 0.467. The van der Waals surface area contributed by atoms with E-state index in [1.54, 1.807) is 12.1 Å². The summed E-state index contributed by atoms with van der Waals surface area (Å²) in [6, 6.07) is 4.57. The summed E-state index contributed by atoms with van der Waals surface area (Å²) < 4.78 is 24.1. The summed E-state index contributed by atoms with van der Waals surface area (Å²) in [6.45, 7) is 3.50. The molecule has 0 aromatic heterocycles. The molecule has 104 valence electrons. The van der Waals surface area contributed by atoms with Crippen LogP contribution in [0.5, 0.6) is 5.75 Å². The maximum atomic E-state index is 13.5. The Hall–Kier alpha value is -1.24. The molecule has 0 aliphatic heterocycles. The molecule has 2 nitrogen and oxygen atoms in total. The summed E-state index contributed by atoms with van der Waals surface area (Å²) in [6.07, 6.45) is 1.57. The molecule has 0 saturated carbocycles. The molecule has 0 aliphatic rings. The lowest BCUT2D eigenvalue weighted by molar-refractivity contribution is 0.0992. The van der Waals surface area contributed by atoms with Crippen LogP contribution in [0.15, 0.2) is 18.2 Å². The Bertz CT molecular complexity index is 438. The van der Waals surface area contributed by atoms with Gasteiger partial charge in [0.2, 0.25) is 0 Å². The van der Waals surface area contributed by atoms with Crippen molar-refractivity contribution in [3.05, 3.63) is 29.6 Å². The number of alkyl halides is 1. The minimum atomic E-state index is -0.390. The van der Waals surface area contributed by atoms with E-state index >= 15 is 0 Å². The number of ether oxygens (including phenoxy) is 2. The number of hydrogen-bond acceptors (Lipinski definition) is 2. The fourth-order valence-electron chi connectivity index (χ4n) is 1.36. The highest BCUT2D eigenvalue weighted by atomic mass is 35.5. The van der Waals surface area contributed by atoms with E-state index in [2.05, 4.69) is 11.8 Å². The molecule has 0 aliphatic carbocycles. The topological polar surface area (TPSA) is 18.5 Å². The van der Waals surface area contributed by atoms with Crippen LogP contribution in [0, 0.1) is 17.7 Å². The Morgan fingerprint density at radius 2 is 2.11 bits per heavy atom. The summed E-state index contributed by atoms with van der Waals surface area (Å²) in [4.78, 5) is 0. The molecule has 0 N–H and O–H groups in total. The van der Waals surface area contributed by atoms with Gasteiger partial charge in [-0.3, -0.25) is 0 Å². The summed E-state index contributed by atoms with van der Waals surface area (Å²) >= 11 is 5.53. The van der Waals surface area contributed by atoms with Gasteiger partial charge < -0.3 is 9.47 Å². The van der Waals surface area contributed by atoms with E-state index in [1.807, 2.05) is 6.92 Å². The van der Waals surface area contributed by atoms with Gasteiger partial charge in [0.05, 0.1) is 6.61 Å². The van der Waals surface area contributed by atoms with Crippen molar-refractivity contribution < 1.29 is 13.9 Å². The van der Waals surface area contributed by atoms with E-state index in [9.17, 15) is 4.39 Å². The van der Waals surface area contributed by atoms with E-state index in [0.29, 0.717) is 32.1 Å². The van der Waals surface area contributed by atoms with Gasteiger partial charge in [-0.05, 0) is 24.6 Å². The monoisotopic (exact) mass is 284 g/mol. The number of halogens is 2. The lowest BCUT2D eigenvalue weighted by Gasteiger charge is -2.07. The Morgan fingerprint density at radius 3 is 2.84 bits per heavy atom. The van der Waals surface area contributed by atoms with E-state index in [1.165, 1.54) is 6.07 Å². The zero-order chi connectivity index (χ0) is 13.9. The van der Waals surface area contributed by atoms with Gasteiger partial charge in [0, 0.05) is 24.5 Å². The molecule has 0 saturated heterocycles. The molecule has 1 aromatic rings. The maximum absolute atomic E-state index is 13.5. The Labute approximate surface area is 118 Å². The van der Waals surface area contributed by atoms with Gasteiger partial charge in [-0.15, -0.1) is 11.6 Å². The van der Waals surface area contributed by atoms with Crippen LogP contribution >= 0.6 is 11.6 Å². The predicted molar refractivity (Wildman–Crippen MR) is 75.2 cm³/mol. The third kappa shape index (κ3) is 6.47. The molecular weight excluding hydrogens is 267 g/mol. The Balaban J connectivity index is 2.52. The maximum Gasteiger partial charge on any atom is 0.165 e. The van der Waals surface area contributed by atoms with Crippen molar-refractivity contribution in [3.8, 4) is 17.6 Å². The van der Waals surface area contributed by atoms with Gasteiger partial charge in [-0.25, -0.2) is 4.39 Å². The van der Waals surface area contributed by atoms with Gasteiger partial charge in [-0.1, -0.05) is 18.8 Å². The molecule has 0 unspecified atom stereocenters. The van der Waals surface area contributed by atoms with Crippen LogP contribution in [-0.4, -0.2) is 25.7 Å². The van der Waals surface area contributed by atoms with Crippen molar-refractivity contribution in [1.82, 2.24) is 0 Å². The molecule has 19 heavy (non-hydrogen) atoms. The minimum Gasteiger partial charge on any atom is -0.488 e. The van der Waals surface area contributed by atoms with Crippen molar-refractivity contribution in [2.75, 3.05) is 25.7 Å². The first-order chi connectivity index (χ1) is 9.27. The van der Waals surface area contributed by atoms with Crippen molar-refractivity contribution >= 4 is 11.6 Å². The molecule has 0 spiro atoms. The summed E-state index contributed by atoms with van der Waals surface area (Å²) in [7, 11) is 0. The lowest BCUT2D eigenvalue weighted by Crippen LogP contribution is -2.08. The molecule has 0 amide bonds. The van der Waals surface area contributed by atoms with Gasteiger partial charge >= 0.3 is 0 Å². The average Bonchev–Trinajstić information content (AvgIpc) is 2.42. The van der Waals surface area contributed by atoms with Crippen LogP contribution in [0.4, 0.5) is 4.39 Å². The van der Waals surface area contributed by atoms with Crippen molar-refractivity contribution in [2.24, 2.45) is 0 Å². The number of benzene rings is 1. The predicted octanol–water partition coefficient (Wildman–Crippen LogP) is 3.61.